The van der Waals surface area contributed by atoms with Crippen molar-refractivity contribution >= 4 is 63.5 Å². The molecule has 0 spiro atoms. The second-order valence-electron chi connectivity index (χ2n) is 8.65. The Kier molecular flexibility index (Phi) is 6.58. The molecule has 0 N–H and O–H groups in total. The number of allylic oxidation sites excluding steroid dienone is 1. The van der Waals surface area contributed by atoms with E-state index in [0.29, 0.717) is 52.3 Å². The Labute approximate surface area is 212 Å². The largest absolute Gasteiger partial charge is 0.452 e. The van der Waals surface area contributed by atoms with Crippen LogP contribution in [0, 0.1) is 0 Å². The van der Waals surface area contributed by atoms with Gasteiger partial charge in [0.05, 0.1) is 26.8 Å². The van der Waals surface area contributed by atoms with E-state index < -0.39 is 18.5 Å². The summed E-state index contributed by atoms with van der Waals surface area (Å²) < 4.78 is 5.45. The number of esters is 1. The predicted octanol–water partition coefficient (Wildman–Crippen LogP) is 5.72. The Morgan fingerprint density at radius 1 is 1.03 bits per heavy atom. The van der Waals surface area contributed by atoms with Crippen LogP contribution in [-0.2, 0) is 20.7 Å². The van der Waals surface area contributed by atoms with Gasteiger partial charge in [-0.1, -0.05) is 47.5 Å². The van der Waals surface area contributed by atoms with E-state index in [2.05, 4.69) is 0 Å². The number of imide groups is 1. The van der Waals surface area contributed by atoms with Gasteiger partial charge in [0.25, 0.3) is 5.91 Å². The van der Waals surface area contributed by atoms with Gasteiger partial charge in [0, 0.05) is 18.4 Å². The number of pyridine rings is 1. The summed E-state index contributed by atoms with van der Waals surface area (Å²) >= 11 is 12.3. The number of rotatable bonds is 4. The monoisotopic (exact) mass is 508 g/mol. The number of hydrogen-bond acceptors (Lipinski definition) is 5. The first kappa shape index (κ1) is 23.5. The van der Waals surface area contributed by atoms with Crippen LogP contribution in [0.4, 0.5) is 0 Å². The predicted molar refractivity (Wildman–Crippen MR) is 135 cm³/mol. The van der Waals surface area contributed by atoms with E-state index in [1.54, 1.807) is 12.1 Å². The van der Waals surface area contributed by atoms with Crippen LogP contribution in [0.15, 0.2) is 42.5 Å². The van der Waals surface area contributed by atoms with E-state index in [9.17, 15) is 14.4 Å². The highest BCUT2D eigenvalue weighted by Crippen LogP contribution is 2.37. The molecule has 3 aromatic rings. The van der Waals surface area contributed by atoms with Crippen LogP contribution in [0.1, 0.15) is 52.9 Å². The van der Waals surface area contributed by atoms with Crippen LogP contribution >= 0.6 is 23.2 Å². The zero-order valence-corrected chi connectivity index (χ0v) is 20.4. The number of para-hydroxylation sites is 1. The number of carbonyl (C=O) groups is 3. The molecular formula is C27H22Cl2N2O4. The van der Waals surface area contributed by atoms with Gasteiger partial charge in [0.1, 0.15) is 0 Å². The molecule has 2 aliphatic rings. The molecule has 2 amide bonds. The van der Waals surface area contributed by atoms with Crippen molar-refractivity contribution in [3.8, 4) is 0 Å². The van der Waals surface area contributed by atoms with E-state index >= 15 is 0 Å². The quantitative estimate of drug-likeness (QED) is 0.421. The molecule has 0 radical (unpaired) electrons. The van der Waals surface area contributed by atoms with Gasteiger partial charge < -0.3 is 4.74 Å². The summed E-state index contributed by atoms with van der Waals surface area (Å²) in [5.41, 5.74) is 4.52. The van der Waals surface area contributed by atoms with Gasteiger partial charge in [0.2, 0.25) is 5.91 Å². The number of fused-ring (bicyclic) bond motifs is 2. The number of carbonyl (C=O) groups excluding carboxylic acids is 3. The molecule has 1 aliphatic carbocycles. The normalized spacial score (nSPS) is 16.6. The van der Waals surface area contributed by atoms with Crippen LogP contribution in [0.3, 0.4) is 0 Å². The first-order valence-corrected chi connectivity index (χ1v) is 12.3. The fourth-order valence-electron chi connectivity index (χ4n) is 4.70. The van der Waals surface area contributed by atoms with E-state index in [1.165, 1.54) is 0 Å². The maximum Gasteiger partial charge on any atom is 0.339 e. The Morgan fingerprint density at radius 3 is 2.63 bits per heavy atom. The average molecular weight is 509 g/mol. The number of aromatic nitrogens is 1. The molecule has 1 aromatic heterocycles. The lowest BCUT2D eigenvalue weighted by atomic mass is 9.86. The smallest absolute Gasteiger partial charge is 0.339 e. The minimum atomic E-state index is -0.587. The molecule has 2 heterocycles. The van der Waals surface area contributed by atoms with Crippen molar-refractivity contribution in [1.82, 2.24) is 9.88 Å². The number of ether oxygens (including phenoxy) is 1. The molecule has 178 valence electrons. The number of amides is 2. The molecule has 35 heavy (non-hydrogen) atoms. The molecule has 6 nitrogen and oxygen atoms in total. The second kappa shape index (κ2) is 9.80. The summed E-state index contributed by atoms with van der Waals surface area (Å²) in [6.07, 6.45) is 5.28. The summed E-state index contributed by atoms with van der Waals surface area (Å²) in [5.74, 6) is -1.31. The van der Waals surface area contributed by atoms with Gasteiger partial charge in [0.15, 0.2) is 6.61 Å². The lowest BCUT2D eigenvalue weighted by Crippen LogP contribution is -2.35. The van der Waals surface area contributed by atoms with Crippen molar-refractivity contribution in [2.24, 2.45) is 0 Å². The standard InChI is InChI=1S/C27H22Cl2N2O4/c28-20-11-10-16(14-21(20)29)13-17-5-3-7-19-25(18-6-1-2-8-22(18)30-26(17)19)27(34)35-15-24(33)31-12-4-9-23(31)32/h1-2,6,8,10-11,13-14H,3-5,7,9,12,15H2. The van der Waals surface area contributed by atoms with E-state index in [0.717, 1.165) is 40.1 Å². The average Bonchev–Trinajstić information content (AvgIpc) is 3.29. The topological polar surface area (TPSA) is 76.6 Å². The molecule has 0 bridgehead atoms. The Morgan fingerprint density at radius 2 is 1.86 bits per heavy atom. The maximum absolute atomic E-state index is 13.3. The SMILES string of the molecule is O=C(OCC(=O)N1CCCC1=O)c1c2c(nc3ccccc13)C(=Cc1ccc(Cl)c(Cl)c1)CCC2. The number of halogens is 2. The maximum atomic E-state index is 13.3. The van der Waals surface area contributed by atoms with E-state index in [4.69, 9.17) is 32.9 Å². The molecule has 1 saturated heterocycles. The third-order valence-corrected chi connectivity index (χ3v) is 7.10. The fraction of sp³-hybridized carbons (Fsp3) is 0.259. The third-order valence-electron chi connectivity index (χ3n) is 6.36. The summed E-state index contributed by atoms with van der Waals surface area (Å²) in [6.45, 7) is -0.104. The van der Waals surface area contributed by atoms with Crippen molar-refractivity contribution in [1.29, 1.82) is 0 Å². The molecule has 5 rings (SSSR count). The van der Waals surface area contributed by atoms with Crippen LogP contribution in [0.5, 0.6) is 0 Å². The summed E-state index contributed by atoms with van der Waals surface area (Å²) in [5, 5.41) is 1.63. The fourth-order valence-corrected chi connectivity index (χ4v) is 5.01. The van der Waals surface area contributed by atoms with Crippen LogP contribution < -0.4 is 0 Å². The van der Waals surface area contributed by atoms with Crippen molar-refractivity contribution in [3.63, 3.8) is 0 Å². The number of likely N-dealkylation sites (tertiary alicyclic amines) is 1. The minimum Gasteiger partial charge on any atom is -0.452 e. The summed E-state index contributed by atoms with van der Waals surface area (Å²) in [6, 6.07) is 12.8. The van der Waals surface area contributed by atoms with Crippen LogP contribution in [0.2, 0.25) is 10.0 Å². The molecular weight excluding hydrogens is 487 g/mol. The summed E-state index contributed by atoms with van der Waals surface area (Å²) in [4.78, 5) is 43.7. The molecule has 0 saturated carbocycles. The second-order valence-corrected chi connectivity index (χ2v) is 9.46. The van der Waals surface area contributed by atoms with Gasteiger partial charge in [-0.15, -0.1) is 0 Å². The van der Waals surface area contributed by atoms with Gasteiger partial charge in [-0.3, -0.25) is 14.5 Å². The van der Waals surface area contributed by atoms with Crippen molar-refractivity contribution in [2.45, 2.75) is 32.1 Å². The zero-order valence-electron chi connectivity index (χ0n) is 18.9. The Bertz CT molecular complexity index is 1400. The minimum absolute atomic E-state index is 0.227. The highest BCUT2D eigenvalue weighted by atomic mass is 35.5. The van der Waals surface area contributed by atoms with Gasteiger partial charge in [-0.2, -0.15) is 0 Å². The molecule has 0 unspecified atom stereocenters. The highest BCUT2D eigenvalue weighted by Gasteiger charge is 2.29. The van der Waals surface area contributed by atoms with Crippen LogP contribution in [-0.4, -0.2) is 40.8 Å². The molecule has 1 fully saturated rings. The highest BCUT2D eigenvalue weighted by molar-refractivity contribution is 6.42. The first-order chi connectivity index (χ1) is 16.9. The van der Waals surface area contributed by atoms with Gasteiger partial charge >= 0.3 is 5.97 Å². The van der Waals surface area contributed by atoms with E-state index in [-0.39, 0.29) is 5.91 Å². The van der Waals surface area contributed by atoms with Crippen molar-refractivity contribution in [3.05, 3.63) is 74.9 Å². The lowest BCUT2D eigenvalue weighted by Gasteiger charge is -2.22. The molecule has 0 atom stereocenters. The summed E-state index contributed by atoms with van der Waals surface area (Å²) in [7, 11) is 0. The number of nitrogens with zero attached hydrogens (tertiary/aromatic N) is 2. The first-order valence-electron chi connectivity index (χ1n) is 11.5. The third kappa shape index (κ3) is 4.68. The number of hydrogen-bond donors (Lipinski definition) is 0. The molecule has 8 heteroatoms. The Hall–Kier alpha value is -3.22. The molecule has 2 aromatic carbocycles. The number of benzene rings is 2. The van der Waals surface area contributed by atoms with Gasteiger partial charge in [-0.25, -0.2) is 9.78 Å². The zero-order chi connectivity index (χ0) is 24.5. The van der Waals surface area contributed by atoms with Gasteiger partial charge in [-0.05, 0) is 66.7 Å². The Balaban J connectivity index is 1.52. The van der Waals surface area contributed by atoms with Crippen LogP contribution in [0.25, 0.3) is 22.6 Å². The van der Waals surface area contributed by atoms with Crippen molar-refractivity contribution < 1.29 is 19.1 Å². The van der Waals surface area contributed by atoms with E-state index in [1.807, 2.05) is 36.4 Å². The molecule has 1 aliphatic heterocycles. The van der Waals surface area contributed by atoms with Crippen molar-refractivity contribution in [2.75, 3.05) is 13.2 Å². The lowest BCUT2D eigenvalue weighted by molar-refractivity contribution is -0.143.